The molecule has 2 aromatic rings. The van der Waals surface area contributed by atoms with Gasteiger partial charge in [0.15, 0.2) is 0 Å². The number of thioether (sulfide) groups is 1. The second kappa shape index (κ2) is 11.6. The highest BCUT2D eigenvalue weighted by Gasteiger charge is 2.00. The van der Waals surface area contributed by atoms with Gasteiger partial charge in [-0.1, -0.05) is 48.5 Å². The number of hydrogen-bond donors (Lipinski definition) is 0. The van der Waals surface area contributed by atoms with Crippen molar-refractivity contribution in [3.63, 3.8) is 0 Å². The number of rotatable bonds is 9. The van der Waals surface area contributed by atoms with Crippen molar-refractivity contribution in [3.8, 4) is 0 Å². The number of halogens is 1. The van der Waals surface area contributed by atoms with E-state index >= 15 is 0 Å². The molecule has 120 valence electrons. The topological polar surface area (TPSA) is 3.24 Å². The molecule has 0 atom stereocenters. The SMILES string of the molecule is CN(CCCCSc1ccccc1)CCc1ccccc1.Cl. The molecule has 0 N–H and O–H groups in total. The molecule has 0 heterocycles. The van der Waals surface area contributed by atoms with Crippen LogP contribution in [0.5, 0.6) is 0 Å². The van der Waals surface area contributed by atoms with Crippen molar-refractivity contribution < 1.29 is 0 Å². The van der Waals surface area contributed by atoms with Gasteiger partial charge < -0.3 is 4.90 Å². The van der Waals surface area contributed by atoms with Crippen molar-refractivity contribution in [2.75, 3.05) is 25.9 Å². The van der Waals surface area contributed by atoms with Gasteiger partial charge in [0.1, 0.15) is 0 Å². The fourth-order valence-electron chi connectivity index (χ4n) is 2.27. The van der Waals surface area contributed by atoms with Crippen LogP contribution in [0.3, 0.4) is 0 Å². The molecule has 1 nitrogen and oxygen atoms in total. The Balaban J connectivity index is 0.00000242. The molecule has 0 fully saturated rings. The van der Waals surface area contributed by atoms with E-state index in [1.807, 2.05) is 11.8 Å². The highest BCUT2D eigenvalue weighted by atomic mass is 35.5. The Morgan fingerprint density at radius 1 is 0.818 bits per heavy atom. The summed E-state index contributed by atoms with van der Waals surface area (Å²) in [5, 5.41) is 0. The minimum Gasteiger partial charge on any atom is -0.306 e. The molecule has 0 aliphatic carbocycles. The first-order valence-electron chi connectivity index (χ1n) is 7.75. The van der Waals surface area contributed by atoms with E-state index in [1.165, 1.54) is 35.6 Å². The lowest BCUT2D eigenvalue weighted by molar-refractivity contribution is 0.332. The Morgan fingerprint density at radius 2 is 1.45 bits per heavy atom. The van der Waals surface area contributed by atoms with Crippen LogP contribution in [0.4, 0.5) is 0 Å². The third kappa shape index (κ3) is 7.88. The minimum absolute atomic E-state index is 0. The predicted octanol–water partition coefficient (Wildman–Crippen LogP) is 5.16. The van der Waals surface area contributed by atoms with Crippen LogP contribution in [0.2, 0.25) is 0 Å². The van der Waals surface area contributed by atoms with Crippen LogP contribution >= 0.6 is 24.2 Å². The zero-order valence-electron chi connectivity index (χ0n) is 13.3. The fraction of sp³-hybridized carbons (Fsp3) is 0.368. The zero-order chi connectivity index (χ0) is 14.8. The summed E-state index contributed by atoms with van der Waals surface area (Å²) in [6.07, 6.45) is 3.72. The summed E-state index contributed by atoms with van der Waals surface area (Å²) in [6, 6.07) is 21.4. The molecule has 2 rings (SSSR count). The Bertz CT molecular complexity index is 489. The van der Waals surface area contributed by atoms with E-state index in [0.29, 0.717) is 0 Å². The van der Waals surface area contributed by atoms with Crippen LogP contribution < -0.4 is 0 Å². The maximum Gasteiger partial charge on any atom is 0.00719 e. The molecule has 3 heteroatoms. The molecule has 0 amide bonds. The summed E-state index contributed by atoms with van der Waals surface area (Å²) in [7, 11) is 2.23. The molecule has 2 aromatic carbocycles. The molecule has 0 bridgehead atoms. The first-order valence-corrected chi connectivity index (χ1v) is 8.73. The molecule has 0 unspecified atom stereocenters. The smallest absolute Gasteiger partial charge is 0.00719 e. The van der Waals surface area contributed by atoms with Gasteiger partial charge in [0.2, 0.25) is 0 Å². The van der Waals surface area contributed by atoms with Crippen LogP contribution in [-0.4, -0.2) is 30.8 Å². The van der Waals surface area contributed by atoms with Gasteiger partial charge in [0, 0.05) is 11.4 Å². The van der Waals surface area contributed by atoms with Gasteiger partial charge in [-0.15, -0.1) is 24.2 Å². The minimum atomic E-state index is 0. The Hall–Kier alpha value is -0.960. The Morgan fingerprint density at radius 3 is 2.14 bits per heavy atom. The highest BCUT2D eigenvalue weighted by molar-refractivity contribution is 7.99. The van der Waals surface area contributed by atoms with Gasteiger partial charge in [-0.25, -0.2) is 0 Å². The van der Waals surface area contributed by atoms with E-state index in [4.69, 9.17) is 0 Å². The van der Waals surface area contributed by atoms with E-state index in [0.717, 1.165) is 13.0 Å². The first kappa shape index (κ1) is 19.1. The normalized spacial score (nSPS) is 10.5. The summed E-state index contributed by atoms with van der Waals surface area (Å²) in [4.78, 5) is 3.83. The molecule has 0 radical (unpaired) electrons. The molecule has 0 aromatic heterocycles. The third-order valence-electron chi connectivity index (χ3n) is 3.57. The van der Waals surface area contributed by atoms with Gasteiger partial charge in [0.05, 0.1) is 0 Å². The van der Waals surface area contributed by atoms with Gasteiger partial charge >= 0.3 is 0 Å². The summed E-state index contributed by atoms with van der Waals surface area (Å²) in [5.41, 5.74) is 1.43. The summed E-state index contributed by atoms with van der Waals surface area (Å²) >= 11 is 1.96. The van der Waals surface area contributed by atoms with Gasteiger partial charge in [0.25, 0.3) is 0 Å². The number of unbranched alkanes of at least 4 members (excludes halogenated alkanes) is 1. The van der Waals surface area contributed by atoms with Crippen molar-refractivity contribution in [2.45, 2.75) is 24.2 Å². The Labute approximate surface area is 145 Å². The summed E-state index contributed by atoms with van der Waals surface area (Å²) in [6.45, 7) is 2.35. The Kier molecular flexibility index (Phi) is 10.1. The van der Waals surface area contributed by atoms with Crippen LogP contribution in [-0.2, 0) is 6.42 Å². The van der Waals surface area contributed by atoms with Crippen molar-refractivity contribution >= 4 is 24.2 Å². The third-order valence-corrected chi connectivity index (χ3v) is 4.67. The summed E-state index contributed by atoms with van der Waals surface area (Å²) in [5.74, 6) is 1.22. The molecular formula is C19H26ClNS. The van der Waals surface area contributed by atoms with Crippen molar-refractivity contribution in [1.82, 2.24) is 4.90 Å². The molecule has 0 aliphatic rings. The molecule has 0 aliphatic heterocycles. The molecule has 0 saturated heterocycles. The maximum atomic E-state index is 2.44. The van der Waals surface area contributed by atoms with Crippen LogP contribution in [0.25, 0.3) is 0 Å². The van der Waals surface area contributed by atoms with E-state index in [2.05, 4.69) is 72.6 Å². The van der Waals surface area contributed by atoms with E-state index in [1.54, 1.807) is 0 Å². The number of nitrogens with zero attached hydrogens (tertiary/aromatic N) is 1. The van der Waals surface area contributed by atoms with E-state index in [9.17, 15) is 0 Å². The van der Waals surface area contributed by atoms with E-state index < -0.39 is 0 Å². The summed E-state index contributed by atoms with van der Waals surface area (Å²) < 4.78 is 0. The predicted molar refractivity (Wildman–Crippen MR) is 101 cm³/mol. The van der Waals surface area contributed by atoms with Crippen LogP contribution in [0.1, 0.15) is 18.4 Å². The van der Waals surface area contributed by atoms with Crippen LogP contribution in [0, 0.1) is 0 Å². The second-order valence-electron chi connectivity index (χ2n) is 5.41. The molecule has 0 saturated carbocycles. The first-order chi connectivity index (χ1) is 10.3. The van der Waals surface area contributed by atoms with Gasteiger partial charge in [-0.2, -0.15) is 0 Å². The molecular weight excluding hydrogens is 310 g/mol. The lowest BCUT2D eigenvalue weighted by Crippen LogP contribution is -2.22. The lowest BCUT2D eigenvalue weighted by Gasteiger charge is -2.16. The second-order valence-corrected chi connectivity index (χ2v) is 6.58. The van der Waals surface area contributed by atoms with Crippen molar-refractivity contribution in [2.24, 2.45) is 0 Å². The maximum absolute atomic E-state index is 2.44. The number of benzene rings is 2. The van der Waals surface area contributed by atoms with Crippen molar-refractivity contribution in [1.29, 1.82) is 0 Å². The quantitative estimate of drug-likeness (QED) is 0.460. The largest absolute Gasteiger partial charge is 0.306 e. The monoisotopic (exact) mass is 335 g/mol. The van der Waals surface area contributed by atoms with Gasteiger partial charge in [-0.05, 0) is 56.3 Å². The molecule has 0 spiro atoms. The average molecular weight is 336 g/mol. The highest BCUT2D eigenvalue weighted by Crippen LogP contribution is 2.18. The van der Waals surface area contributed by atoms with Crippen molar-refractivity contribution in [3.05, 3.63) is 66.2 Å². The zero-order valence-corrected chi connectivity index (χ0v) is 14.9. The number of likely N-dealkylation sites (N-methyl/N-ethyl adjacent to an activating group) is 1. The molecule has 22 heavy (non-hydrogen) atoms. The fourth-order valence-corrected chi connectivity index (χ4v) is 3.20. The standard InChI is InChI=1S/C19H25NS.ClH/c1-20(16-14-18-10-4-2-5-11-18)15-8-9-17-21-19-12-6-3-7-13-19;/h2-7,10-13H,8-9,14-17H2,1H3;1H. The van der Waals surface area contributed by atoms with Crippen LogP contribution in [0.15, 0.2) is 65.6 Å². The number of hydrogen-bond acceptors (Lipinski definition) is 2. The lowest BCUT2D eigenvalue weighted by atomic mass is 10.1. The van der Waals surface area contributed by atoms with E-state index in [-0.39, 0.29) is 12.4 Å². The average Bonchev–Trinajstić information content (AvgIpc) is 2.54. The van der Waals surface area contributed by atoms with Gasteiger partial charge in [-0.3, -0.25) is 0 Å².